The molecule has 1 saturated heterocycles. The Balaban J connectivity index is 1.92. The van der Waals surface area contributed by atoms with E-state index < -0.39 is 17.3 Å². The number of hydrogen-bond donors (Lipinski definition) is 2. The molecule has 8 nitrogen and oxygen atoms in total. The molecule has 2 aromatic rings. The number of H-pyrrole nitrogens is 1. The lowest BCUT2D eigenvalue weighted by atomic mass is 9.86. The van der Waals surface area contributed by atoms with Gasteiger partial charge in [0.25, 0.3) is 0 Å². The largest absolute Gasteiger partial charge is 0.418 e. The molecule has 178 valence electrons. The minimum atomic E-state index is -0.891. The van der Waals surface area contributed by atoms with E-state index >= 15 is 0 Å². The number of aromatic amines is 1. The molecule has 0 bridgehead atoms. The van der Waals surface area contributed by atoms with Crippen LogP contribution in [0.5, 0.6) is 0 Å². The quantitative estimate of drug-likeness (QED) is 0.669. The molecule has 0 spiro atoms. The maximum Gasteiger partial charge on any atom is 0.418 e. The summed E-state index contributed by atoms with van der Waals surface area (Å²) < 4.78 is 5.22. The van der Waals surface area contributed by atoms with E-state index in [2.05, 4.69) is 54.0 Å². The third-order valence-corrected chi connectivity index (χ3v) is 6.15. The van der Waals surface area contributed by atoms with Crippen molar-refractivity contribution >= 4 is 16.9 Å². The minimum absolute atomic E-state index is 0.00789. The van der Waals surface area contributed by atoms with Crippen molar-refractivity contribution in [3.63, 3.8) is 0 Å². The zero-order valence-corrected chi connectivity index (χ0v) is 20.1. The summed E-state index contributed by atoms with van der Waals surface area (Å²) in [4.78, 5) is 35.1. The van der Waals surface area contributed by atoms with Gasteiger partial charge in [-0.2, -0.15) is 5.26 Å². The smallest absolute Gasteiger partial charge is 0.409 e. The molecule has 2 heterocycles. The zero-order chi connectivity index (χ0) is 24.1. The molecule has 0 saturated carbocycles. The van der Waals surface area contributed by atoms with Gasteiger partial charge in [-0.1, -0.05) is 39.8 Å². The number of nitriles is 1. The molecule has 33 heavy (non-hydrogen) atoms. The van der Waals surface area contributed by atoms with Crippen LogP contribution in [0.25, 0.3) is 11.0 Å². The number of amides is 1. The third kappa shape index (κ3) is 6.55. The van der Waals surface area contributed by atoms with Gasteiger partial charge in [0, 0.05) is 13.1 Å². The lowest BCUT2D eigenvalue weighted by Gasteiger charge is -2.38. The molecule has 3 rings (SSSR count). The van der Waals surface area contributed by atoms with Crippen LogP contribution in [-0.2, 0) is 4.79 Å². The average Bonchev–Trinajstić information content (AvgIpc) is 2.77. The number of carbonyl (C=O) groups excluding carboxylic acids is 1. The highest BCUT2D eigenvalue weighted by Gasteiger charge is 2.37. The van der Waals surface area contributed by atoms with Crippen molar-refractivity contribution in [2.45, 2.75) is 71.4 Å². The van der Waals surface area contributed by atoms with E-state index in [1.165, 1.54) is 0 Å². The molecule has 1 fully saturated rings. The van der Waals surface area contributed by atoms with E-state index in [1.54, 1.807) is 18.2 Å². The number of hydrogen-bond acceptors (Lipinski definition) is 6. The van der Waals surface area contributed by atoms with Gasteiger partial charge in [0.15, 0.2) is 0 Å². The normalized spacial score (nSPS) is 18.1. The number of likely N-dealkylation sites (tertiary alicyclic amines) is 1. The number of para-hydroxylation sites is 1. The molecular formula is C25H35N5O3. The highest BCUT2D eigenvalue weighted by molar-refractivity contribution is 5.83. The van der Waals surface area contributed by atoms with Gasteiger partial charge >= 0.3 is 5.76 Å². The first-order valence-electron chi connectivity index (χ1n) is 11.8. The number of nitrogens with one attached hydrogen (secondary N) is 2. The first-order valence-corrected chi connectivity index (χ1v) is 11.8. The summed E-state index contributed by atoms with van der Waals surface area (Å²) >= 11 is 0. The topological polar surface area (TPSA) is 114 Å². The van der Waals surface area contributed by atoms with Crippen LogP contribution in [0.4, 0.5) is 0 Å². The molecule has 0 radical (unpaired) electrons. The standard InChI is InChI=1S/C25H35N5O3/c1-5-14-30-15-12-25(17-26,13-16-30)29-22(31)19(10-11-24(2,3)4)27-21-18-8-6-7-9-20(18)33-23(32)28-21/h6-9,19H,5,10-16H2,1-4H3,(H,29,31)(H,27,28,32). The number of fused-ring (bicyclic) bond motifs is 1. The van der Waals surface area contributed by atoms with Crippen LogP contribution in [0, 0.1) is 16.7 Å². The molecule has 1 aromatic heterocycles. The Bertz CT molecular complexity index is 1130. The van der Waals surface area contributed by atoms with Gasteiger partial charge in [0.2, 0.25) is 5.91 Å². The second-order valence-electron chi connectivity index (χ2n) is 10.1. The highest BCUT2D eigenvalue weighted by atomic mass is 16.4. The van der Waals surface area contributed by atoms with Crippen molar-refractivity contribution < 1.29 is 9.21 Å². The lowest BCUT2D eigenvalue weighted by Crippen LogP contribution is -2.56. The van der Waals surface area contributed by atoms with Gasteiger partial charge in [-0.05, 0) is 56.2 Å². The first kappa shape index (κ1) is 24.7. The van der Waals surface area contributed by atoms with Crippen LogP contribution < -0.4 is 16.6 Å². The van der Waals surface area contributed by atoms with Crippen LogP contribution in [-0.4, -0.2) is 47.0 Å². The van der Waals surface area contributed by atoms with Gasteiger partial charge in [-0.15, -0.1) is 0 Å². The molecule has 8 heteroatoms. The van der Waals surface area contributed by atoms with E-state index in [0.717, 1.165) is 32.5 Å². The van der Waals surface area contributed by atoms with Crippen molar-refractivity contribution in [2.75, 3.05) is 19.6 Å². The number of carbonyl (C=O) groups is 1. The molecule has 2 N–H and O–H groups in total. The Kier molecular flexibility index (Phi) is 7.75. The Labute approximate surface area is 194 Å². The predicted molar refractivity (Wildman–Crippen MR) is 127 cm³/mol. The van der Waals surface area contributed by atoms with Gasteiger partial charge in [-0.25, -0.2) is 4.79 Å². The van der Waals surface area contributed by atoms with E-state index in [4.69, 9.17) is 4.42 Å². The second-order valence-corrected chi connectivity index (χ2v) is 10.1. The first-order chi connectivity index (χ1) is 15.6. The summed E-state index contributed by atoms with van der Waals surface area (Å²) in [6, 6.07) is 8.74. The van der Waals surface area contributed by atoms with Crippen molar-refractivity contribution in [2.24, 2.45) is 10.4 Å². The number of piperidine rings is 1. The Hall–Kier alpha value is -2.92. The lowest BCUT2D eigenvalue weighted by molar-refractivity contribution is -0.124. The van der Waals surface area contributed by atoms with Crippen molar-refractivity contribution in [1.29, 1.82) is 5.26 Å². The van der Waals surface area contributed by atoms with Gasteiger partial charge in [-0.3, -0.25) is 14.8 Å². The molecule has 1 amide bonds. The second kappa shape index (κ2) is 10.3. The van der Waals surface area contributed by atoms with Crippen molar-refractivity contribution in [3.05, 3.63) is 40.3 Å². The molecule has 1 aliphatic heterocycles. The highest BCUT2D eigenvalue weighted by Crippen LogP contribution is 2.25. The number of rotatable bonds is 7. The summed E-state index contributed by atoms with van der Waals surface area (Å²) in [5, 5.41) is 13.6. The molecule has 1 aliphatic rings. The van der Waals surface area contributed by atoms with E-state index in [1.807, 2.05) is 6.07 Å². The Morgan fingerprint density at radius 3 is 2.67 bits per heavy atom. The summed E-state index contributed by atoms with van der Waals surface area (Å²) in [6.07, 6.45) is 3.50. The van der Waals surface area contributed by atoms with E-state index in [-0.39, 0.29) is 11.3 Å². The maximum absolute atomic E-state index is 13.4. The fourth-order valence-corrected chi connectivity index (χ4v) is 4.18. The van der Waals surface area contributed by atoms with Crippen molar-refractivity contribution in [1.82, 2.24) is 15.2 Å². The number of benzene rings is 1. The number of nitrogens with zero attached hydrogens (tertiary/aromatic N) is 3. The van der Waals surface area contributed by atoms with Crippen LogP contribution in [0.15, 0.2) is 38.5 Å². The van der Waals surface area contributed by atoms with Crippen LogP contribution >= 0.6 is 0 Å². The van der Waals surface area contributed by atoms with E-state index in [9.17, 15) is 14.9 Å². The Morgan fingerprint density at radius 2 is 2.03 bits per heavy atom. The third-order valence-electron chi connectivity index (χ3n) is 6.15. The molecular weight excluding hydrogens is 418 g/mol. The molecule has 0 aliphatic carbocycles. The summed E-state index contributed by atoms with van der Waals surface area (Å²) in [5.41, 5.74) is -0.154. The van der Waals surface area contributed by atoms with Gasteiger partial charge < -0.3 is 14.6 Å². The van der Waals surface area contributed by atoms with Gasteiger partial charge in [0.1, 0.15) is 22.7 Å². The van der Waals surface area contributed by atoms with Crippen LogP contribution in [0.3, 0.4) is 0 Å². The van der Waals surface area contributed by atoms with Crippen LogP contribution in [0.2, 0.25) is 0 Å². The fraction of sp³-hybridized carbons (Fsp3) is 0.600. The van der Waals surface area contributed by atoms with Crippen LogP contribution in [0.1, 0.15) is 59.8 Å². The zero-order valence-electron chi connectivity index (χ0n) is 20.1. The SMILES string of the molecule is CCCN1CCC(C#N)(NC(=O)C(CCC(C)(C)C)N=c2[nH]c(=O)oc3ccccc23)CC1. The predicted octanol–water partition coefficient (Wildman–Crippen LogP) is 3.10. The maximum atomic E-state index is 13.4. The molecule has 1 unspecified atom stereocenters. The summed E-state index contributed by atoms with van der Waals surface area (Å²) in [7, 11) is 0. The molecule has 1 aromatic carbocycles. The van der Waals surface area contributed by atoms with Crippen molar-refractivity contribution in [3.8, 4) is 6.07 Å². The average molecular weight is 454 g/mol. The van der Waals surface area contributed by atoms with Gasteiger partial charge in [0.05, 0.1) is 11.5 Å². The molecule has 1 atom stereocenters. The van der Waals surface area contributed by atoms with E-state index in [0.29, 0.717) is 35.7 Å². The fourth-order valence-electron chi connectivity index (χ4n) is 4.18. The summed E-state index contributed by atoms with van der Waals surface area (Å²) in [6.45, 7) is 11.0. The summed E-state index contributed by atoms with van der Waals surface area (Å²) in [5.74, 6) is -0.908. The number of aromatic nitrogens is 1. The Morgan fingerprint density at radius 1 is 1.33 bits per heavy atom. The monoisotopic (exact) mass is 453 g/mol. The minimum Gasteiger partial charge on any atom is -0.409 e.